The number of Topliss-reactive ketones (excluding diaryl/α,β-unsaturated/α-hetero) is 1. The molecule has 78 valence electrons. The molecule has 0 fully saturated rings. The van der Waals surface area contributed by atoms with Gasteiger partial charge in [0, 0.05) is 13.2 Å². The highest BCUT2D eigenvalue weighted by Gasteiger charge is 2.18. The number of carbonyl (C=O) groups is 1. The Bertz CT molecular complexity index is 144. The standard InChI is InChI=1S/C8H14Cl2O3/c1-3-12-7(13-4-2)5-6(11)8(9)10/h7-8H,3-5H2,1-2H3. The average Bonchev–Trinajstić information content (AvgIpc) is 2.05. The van der Waals surface area contributed by atoms with E-state index in [-0.39, 0.29) is 12.2 Å². The van der Waals surface area contributed by atoms with Crippen LogP contribution in [0.2, 0.25) is 0 Å². The minimum absolute atomic E-state index is 0.0966. The predicted molar refractivity (Wildman–Crippen MR) is 52.2 cm³/mol. The highest BCUT2D eigenvalue weighted by molar-refractivity contribution is 6.53. The molecule has 0 aromatic rings. The minimum Gasteiger partial charge on any atom is -0.352 e. The SMILES string of the molecule is CCOC(CC(=O)C(Cl)Cl)OCC. The molecule has 0 aromatic carbocycles. The zero-order chi connectivity index (χ0) is 10.3. The molecule has 0 heterocycles. The van der Waals surface area contributed by atoms with Gasteiger partial charge in [0.25, 0.3) is 0 Å². The van der Waals surface area contributed by atoms with Crippen molar-refractivity contribution in [1.29, 1.82) is 0 Å². The summed E-state index contributed by atoms with van der Waals surface area (Å²) in [6.07, 6.45) is -0.429. The van der Waals surface area contributed by atoms with Crippen LogP contribution in [0.5, 0.6) is 0 Å². The summed E-state index contributed by atoms with van der Waals surface area (Å²) in [5.41, 5.74) is 0. The van der Waals surface area contributed by atoms with Gasteiger partial charge in [0.05, 0.1) is 6.42 Å². The van der Waals surface area contributed by atoms with Crippen LogP contribution in [0.4, 0.5) is 0 Å². The lowest BCUT2D eigenvalue weighted by Gasteiger charge is -2.15. The van der Waals surface area contributed by atoms with E-state index >= 15 is 0 Å². The first-order valence-corrected chi connectivity index (χ1v) is 5.03. The molecule has 3 nitrogen and oxygen atoms in total. The predicted octanol–water partition coefficient (Wildman–Crippen LogP) is 2.15. The number of ether oxygens (including phenoxy) is 2. The topological polar surface area (TPSA) is 35.5 Å². The van der Waals surface area contributed by atoms with E-state index in [1.807, 2.05) is 13.8 Å². The zero-order valence-corrected chi connectivity index (χ0v) is 9.27. The van der Waals surface area contributed by atoms with Crippen LogP contribution in [0.15, 0.2) is 0 Å². The van der Waals surface area contributed by atoms with Gasteiger partial charge in [0.1, 0.15) is 0 Å². The molecule has 0 radical (unpaired) electrons. The molecule has 0 N–H and O–H groups in total. The van der Waals surface area contributed by atoms with Crippen LogP contribution in [0.25, 0.3) is 0 Å². The zero-order valence-electron chi connectivity index (χ0n) is 7.76. The summed E-state index contributed by atoms with van der Waals surface area (Å²) >= 11 is 10.8. The van der Waals surface area contributed by atoms with Gasteiger partial charge < -0.3 is 9.47 Å². The van der Waals surface area contributed by atoms with Crippen molar-refractivity contribution in [2.45, 2.75) is 31.4 Å². The molecule has 0 aliphatic heterocycles. The van der Waals surface area contributed by atoms with Crippen molar-refractivity contribution in [2.75, 3.05) is 13.2 Å². The van der Waals surface area contributed by atoms with Crippen molar-refractivity contribution in [3.8, 4) is 0 Å². The fourth-order valence-electron chi connectivity index (χ4n) is 0.791. The maximum atomic E-state index is 11.1. The summed E-state index contributed by atoms with van der Waals surface area (Å²) in [7, 11) is 0. The fraction of sp³-hybridized carbons (Fsp3) is 0.875. The second-order valence-electron chi connectivity index (χ2n) is 2.31. The molecule has 0 saturated heterocycles. The van der Waals surface area contributed by atoms with Crippen molar-refractivity contribution < 1.29 is 14.3 Å². The van der Waals surface area contributed by atoms with Crippen LogP contribution in [0.3, 0.4) is 0 Å². The Balaban J connectivity index is 3.86. The van der Waals surface area contributed by atoms with Crippen molar-refractivity contribution >= 4 is 29.0 Å². The lowest BCUT2D eigenvalue weighted by Crippen LogP contribution is -2.23. The van der Waals surface area contributed by atoms with E-state index in [2.05, 4.69) is 0 Å². The van der Waals surface area contributed by atoms with Crippen molar-refractivity contribution in [1.82, 2.24) is 0 Å². The third kappa shape index (κ3) is 6.27. The maximum Gasteiger partial charge on any atom is 0.170 e. The normalized spacial score (nSPS) is 11.2. The van der Waals surface area contributed by atoms with Crippen LogP contribution in [0, 0.1) is 0 Å². The van der Waals surface area contributed by atoms with E-state index < -0.39 is 11.1 Å². The van der Waals surface area contributed by atoms with Crippen molar-refractivity contribution in [2.24, 2.45) is 0 Å². The Morgan fingerprint density at radius 3 is 2.00 bits per heavy atom. The van der Waals surface area contributed by atoms with E-state index in [0.29, 0.717) is 13.2 Å². The number of alkyl halides is 2. The van der Waals surface area contributed by atoms with Gasteiger partial charge in [-0.3, -0.25) is 4.79 Å². The van der Waals surface area contributed by atoms with E-state index in [9.17, 15) is 4.79 Å². The molecule has 0 aliphatic carbocycles. The molecule has 0 spiro atoms. The lowest BCUT2D eigenvalue weighted by molar-refractivity contribution is -0.151. The molecule has 0 unspecified atom stereocenters. The average molecular weight is 229 g/mol. The first-order valence-electron chi connectivity index (χ1n) is 4.15. The maximum absolute atomic E-state index is 11.1. The third-order valence-electron chi connectivity index (χ3n) is 1.32. The van der Waals surface area contributed by atoms with Crippen LogP contribution in [0.1, 0.15) is 20.3 Å². The van der Waals surface area contributed by atoms with Crippen LogP contribution < -0.4 is 0 Å². The van der Waals surface area contributed by atoms with Gasteiger partial charge in [-0.2, -0.15) is 0 Å². The summed E-state index contributed by atoms with van der Waals surface area (Å²) in [5, 5.41) is 0. The summed E-state index contributed by atoms with van der Waals surface area (Å²) < 4.78 is 10.3. The number of hydrogen-bond donors (Lipinski definition) is 0. The van der Waals surface area contributed by atoms with Gasteiger partial charge in [-0.15, -0.1) is 0 Å². The van der Waals surface area contributed by atoms with Crippen LogP contribution >= 0.6 is 23.2 Å². The molecular weight excluding hydrogens is 215 g/mol. The molecule has 0 amide bonds. The Morgan fingerprint density at radius 2 is 1.69 bits per heavy atom. The minimum atomic E-state index is -0.997. The molecule has 13 heavy (non-hydrogen) atoms. The highest BCUT2D eigenvalue weighted by Crippen LogP contribution is 2.10. The number of carbonyl (C=O) groups excluding carboxylic acids is 1. The van der Waals surface area contributed by atoms with Gasteiger partial charge >= 0.3 is 0 Å². The molecule has 0 bridgehead atoms. The Hall–Kier alpha value is 0.170. The highest BCUT2D eigenvalue weighted by atomic mass is 35.5. The molecular formula is C8H14Cl2O3. The van der Waals surface area contributed by atoms with Gasteiger partial charge in [0.2, 0.25) is 0 Å². The Labute approximate surface area is 88.3 Å². The van der Waals surface area contributed by atoms with E-state index in [4.69, 9.17) is 32.7 Å². The summed E-state index contributed by atoms with van der Waals surface area (Å²) in [6.45, 7) is 4.64. The summed E-state index contributed by atoms with van der Waals surface area (Å²) in [6, 6.07) is 0. The largest absolute Gasteiger partial charge is 0.352 e. The van der Waals surface area contributed by atoms with Gasteiger partial charge in [-0.25, -0.2) is 0 Å². The molecule has 0 saturated carbocycles. The summed E-state index contributed by atoms with van der Waals surface area (Å²) in [4.78, 5) is 10.1. The summed E-state index contributed by atoms with van der Waals surface area (Å²) in [5.74, 6) is -0.282. The molecule has 0 aromatic heterocycles. The quantitative estimate of drug-likeness (QED) is 0.495. The first kappa shape index (κ1) is 13.2. The first-order chi connectivity index (χ1) is 6.11. The Morgan fingerprint density at radius 1 is 1.23 bits per heavy atom. The van der Waals surface area contributed by atoms with E-state index in [0.717, 1.165) is 0 Å². The number of halogens is 2. The smallest absolute Gasteiger partial charge is 0.170 e. The van der Waals surface area contributed by atoms with Gasteiger partial charge in [-0.1, -0.05) is 23.2 Å². The van der Waals surface area contributed by atoms with Gasteiger partial charge in [0.15, 0.2) is 16.9 Å². The Kier molecular flexibility index (Phi) is 7.66. The van der Waals surface area contributed by atoms with Gasteiger partial charge in [-0.05, 0) is 13.8 Å². The number of rotatable bonds is 7. The molecule has 5 heteroatoms. The molecule has 0 rings (SSSR count). The van der Waals surface area contributed by atoms with Crippen molar-refractivity contribution in [3.63, 3.8) is 0 Å². The molecule has 0 atom stereocenters. The second-order valence-corrected chi connectivity index (χ2v) is 3.41. The van der Waals surface area contributed by atoms with Crippen LogP contribution in [-0.2, 0) is 14.3 Å². The number of hydrogen-bond acceptors (Lipinski definition) is 3. The van der Waals surface area contributed by atoms with E-state index in [1.165, 1.54) is 0 Å². The second kappa shape index (κ2) is 7.56. The molecule has 0 aliphatic rings. The number of ketones is 1. The van der Waals surface area contributed by atoms with E-state index in [1.54, 1.807) is 0 Å². The third-order valence-corrected chi connectivity index (χ3v) is 1.80. The monoisotopic (exact) mass is 228 g/mol. The lowest BCUT2D eigenvalue weighted by atomic mass is 10.3. The fourth-order valence-corrected chi connectivity index (χ4v) is 0.969. The van der Waals surface area contributed by atoms with Crippen LogP contribution in [-0.4, -0.2) is 30.1 Å². The van der Waals surface area contributed by atoms with Crippen molar-refractivity contribution in [3.05, 3.63) is 0 Å².